The first-order chi connectivity index (χ1) is 6.65. The van der Waals surface area contributed by atoms with Gasteiger partial charge in [-0.15, -0.1) is 0 Å². The van der Waals surface area contributed by atoms with Crippen LogP contribution in [0.3, 0.4) is 0 Å². The molecule has 0 aliphatic carbocycles. The van der Waals surface area contributed by atoms with Gasteiger partial charge in [0.05, 0.1) is 31.9 Å². The van der Waals surface area contributed by atoms with E-state index in [1.165, 1.54) is 0 Å². The lowest BCUT2D eigenvalue weighted by Gasteiger charge is -2.37. The first kappa shape index (κ1) is 10.7. The maximum absolute atomic E-state index is 5.16. The summed E-state index contributed by atoms with van der Waals surface area (Å²) < 4.78 is 11.1. The van der Waals surface area contributed by atoms with E-state index in [2.05, 4.69) is 38.0 Å². The number of hydrogen-bond donors (Lipinski definition) is 1. The Balaban J connectivity index is 2.32. The van der Waals surface area contributed by atoms with E-state index in [1.807, 2.05) is 18.2 Å². The second-order valence-electron chi connectivity index (χ2n) is 3.29. The van der Waals surface area contributed by atoms with E-state index < -0.39 is 0 Å². The molecule has 0 aromatic heterocycles. The van der Waals surface area contributed by atoms with E-state index in [4.69, 9.17) is 9.26 Å². The molecule has 0 N–H and O–H groups in total. The molecule has 1 saturated heterocycles. The van der Waals surface area contributed by atoms with Crippen LogP contribution >= 0.6 is 38.0 Å². The van der Waals surface area contributed by atoms with Gasteiger partial charge in [0.15, 0.2) is 0 Å². The molecule has 0 bridgehead atoms. The van der Waals surface area contributed by atoms with E-state index in [9.17, 15) is 0 Å². The molecule has 1 aromatic carbocycles. The molecule has 1 fully saturated rings. The summed E-state index contributed by atoms with van der Waals surface area (Å²) in [4.78, 5) is 0. The van der Waals surface area contributed by atoms with Crippen molar-refractivity contribution in [3.63, 3.8) is 0 Å². The molecule has 1 atom stereocenters. The molecule has 5 heteroatoms. The van der Waals surface area contributed by atoms with Crippen molar-refractivity contribution in [2.45, 2.75) is 4.75 Å². The Morgan fingerprint density at radius 2 is 2.21 bits per heavy atom. The fourth-order valence-corrected chi connectivity index (χ4v) is 2.52. The molecule has 2 nitrogen and oxygen atoms in total. The standard InChI is InChI=1S/C9H10BrO2PS/c10-7-3-6(1-2-8(7)12-13)9(14)4-11-5-9/h1-3,14H,4-5,13H2. The smallest absolute Gasteiger partial charge is 0.136 e. The molecule has 14 heavy (non-hydrogen) atoms. The summed E-state index contributed by atoms with van der Waals surface area (Å²) in [6, 6.07) is 5.96. The van der Waals surface area contributed by atoms with Crippen LogP contribution in [0.25, 0.3) is 0 Å². The third-order valence-electron chi connectivity index (χ3n) is 2.28. The first-order valence-electron chi connectivity index (χ1n) is 4.12. The molecule has 1 aromatic rings. The molecule has 0 spiro atoms. The molecule has 0 amide bonds. The molecule has 0 saturated carbocycles. The Morgan fingerprint density at radius 1 is 1.50 bits per heavy atom. The largest absolute Gasteiger partial charge is 0.479 e. The van der Waals surface area contributed by atoms with Crippen LogP contribution in [-0.2, 0) is 9.48 Å². The second-order valence-corrected chi connectivity index (χ2v) is 5.23. The van der Waals surface area contributed by atoms with Crippen molar-refractivity contribution in [3.8, 4) is 5.75 Å². The van der Waals surface area contributed by atoms with Gasteiger partial charge in [-0.3, -0.25) is 0 Å². The zero-order valence-corrected chi connectivity index (χ0v) is 11.0. The number of thiol groups is 1. The zero-order chi connectivity index (χ0) is 10.2. The Morgan fingerprint density at radius 3 is 2.64 bits per heavy atom. The molecular weight excluding hydrogens is 283 g/mol. The monoisotopic (exact) mass is 292 g/mol. The Hall–Kier alpha value is 0.240. The maximum Gasteiger partial charge on any atom is 0.136 e. The highest BCUT2D eigenvalue weighted by Gasteiger charge is 2.36. The third-order valence-corrected chi connectivity index (χ3v) is 3.67. The average Bonchev–Trinajstić information content (AvgIpc) is 2.14. The highest BCUT2D eigenvalue weighted by atomic mass is 79.9. The lowest BCUT2D eigenvalue weighted by atomic mass is 9.96. The molecule has 1 aliphatic heterocycles. The van der Waals surface area contributed by atoms with E-state index in [0.29, 0.717) is 13.2 Å². The lowest BCUT2D eigenvalue weighted by Crippen LogP contribution is -2.41. The maximum atomic E-state index is 5.16. The highest BCUT2D eigenvalue weighted by molar-refractivity contribution is 9.10. The van der Waals surface area contributed by atoms with Crippen LogP contribution < -0.4 is 4.52 Å². The Kier molecular flexibility index (Phi) is 3.08. The number of halogens is 1. The predicted octanol–water partition coefficient (Wildman–Crippen LogP) is 2.77. The minimum absolute atomic E-state index is 0.123. The van der Waals surface area contributed by atoms with Gasteiger partial charge >= 0.3 is 0 Å². The summed E-state index contributed by atoms with van der Waals surface area (Å²) in [5.41, 5.74) is 1.16. The van der Waals surface area contributed by atoms with Crippen LogP contribution in [0, 0.1) is 0 Å². The van der Waals surface area contributed by atoms with Crippen molar-refractivity contribution in [2.75, 3.05) is 13.2 Å². The first-order valence-corrected chi connectivity index (χ1v) is 5.84. The van der Waals surface area contributed by atoms with Gasteiger partial charge in [0.1, 0.15) is 5.75 Å². The molecule has 76 valence electrons. The molecule has 2 rings (SSSR count). The van der Waals surface area contributed by atoms with Gasteiger partial charge in [-0.1, -0.05) is 6.07 Å². The van der Waals surface area contributed by atoms with Crippen molar-refractivity contribution in [1.82, 2.24) is 0 Å². The minimum Gasteiger partial charge on any atom is -0.479 e. The van der Waals surface area contributed by atoms with E-state index in [1.54, 1.807) is 0 Å². The van der Waals surface area contributed by atoms with Crippen LogP contribution in [0.1, 0.15) is 5.56 Å². The number of benzene rings is 1. The Bertz CT molecular complexity index is 355. The summed E-state index contributed by atoms with van der Waals surface area (Å²) in [5, 5.41) is 0. The Labute approximate surface area is 99.2 Å². The molecule has 0 radical (unpaired) electrons. The van der Waals surface area contributed by atoms with Gasteiger partial charge in [-0.05, 0) is 33.6 Å². The lowest BCUT2D eigenvalue weighted by molar-refractivity contribution is -0.00972. The van der Waals surface area contributed by atoms with E-state index >= 15 is 0 Å². The van der Waals surface area contributed by atoms with Gasteiger partial charge in [0.2, 0.25) is 0 Å². The summed E-state index contributed by atoms with van der Waals surface area (Å²) in [6.07, 6.45) is 0. The fraction of sp³-hybridized carbons (Fsp3) is 0.333. The van der Waals surface area contributed by atoms with Gasteiger partial charge in [-0.2, -0.15) is 12.6 Å². The quantitative estimate of drug-likeness (QED) is 0.667. The predicted molar refractivity (Wildman–Crippen MR) is 66.0 cm³/mol. The van der Waals surface area contributed by atoms with Gasteiger partial charge in [0.25, 0.3) is 0 Å². The van der Waals surface area contributed by atoms with Gasteiger partial charge in [-0.25, -0.2) is 0 Å². The SMILES string of the molecule is POc1ccc(C2(S)COC2)cc1Br. The number of ether oxygens (including phenoxy) is 1. The highest BCUT2D eigenvalue weighted by Crippen LogP contribution is 2.39. The summed E-state index contributed by atoms with van der Waals surface area (Å²) in [5.74, 6) is 0.802. The van der Waals surface area contributed by atoms with Gasteiger partial charge < -0.3 is 9.26 Å². The fourth-order valence-electron chi connectivity index (χ4n) is 1.35. The summed E-state index contributed by atoms with van der Waals surface area (Å²) in [7, 11) is 2.23. The van der Waals surface area contributed by atoms with Crippen molar-refractivity contribution in [1.29, 1.82) is 0 Å². The van der Waals surface area contributed by atoms with Crippen LogP contribution in [0.5, 0.6) is 5.75 Å². The van der Waals surface area contributed by atoms with E-state index in [-0.39, 0.29) is 4.75 Å². The van der Waals surface area contributed by atoms with Crippen molar-refractivity contribution in [2.24, 2.45) is 0 Å². The summed E-state index contributed by atoms with van der Waals surface area (Å²) in [6.45, 7) is 1.34. The number of hydrogen-bond acceptors (Lipinski definition) is 3. The average molecular weight is 293 g/mol. The molecule has 1 heterocycles. The van der Waals surface area contributed by atoms with Crippen molar-refractivity contribution >= 4 is 38.0 Å². The molecular formula is C9H10BrO2PS. The zero-order valence-electron chi connectivity index (χ0n) is 7.37. The topological polar surface area (TPSA) is 18.5 Å². The van der Waals surface area contributed by atoms with Crippen LogP contribution in [-0.4, -0.2) is 13.2 Å². The molecule has 1 unspecified atom stereocenters. The van der Waals surface area contributed by atoms with Crippen LogP contribution in [0.2, 0.25) is 0 Å². The summed E-state index contributed by atoms with van der Waals surface area (Å²) >= 11 is 8.02. The van der Waals surface area contributed by atoms with Crippen molar-refractivity contribution < 1.29 is 9.26 Å². The van der Waals surface area contributed by atoms with Gasteiger partial charge in [0, 0.05) is 0 Å². The third kappa shape index (κ3) is 1.81. The van der Waals surface area contributed by atoms with Crippen molar-refractivity contribution in [3.05, 3.63) is 28.2 Å². The number of rotatable bonds is 2. The second kappa shape index (κ2) is 4.01. The van der Waals surface area contributed by atoms with Crippen LogP contribution in [0.4, 0.5) is 0 Å². The van der Waals surface area contributed by atoms with Crippen LogP contribution in [0.15, 0.2) is 22.7 Å². The normalized spacial score (nSPS) is 18.8. The van der Waals surface area contributed by atoms with E-state index in [0.717, 1.165) is 15.8 Å². The molecule has 1 aliphatic rings. The minimum atomic E-state index is -0.123.